The number of aliphatic carboxylic acids is 1. The normalized spacial score (nSPS) is 24.8. The lowest BCUT2D eigenvalue weighted by atomic mass is 9.94. The number of rotatable bonds is 4. The maximum absolute atomic E-state index is 12.6. The van der Waals surface area contributed by atoms with Crippen LogP contribution in [0, 0.1) is 24.7 Å². The molecule has 1 aliphatic carbocycles. The lowest BCUT2D eigenvalue weighted by Gasteiger charge is -2.24. The van der Waals surface area contributed by atoms with E-state index in [-0.39, 0.29) is 11.8 Å². The zero-order valence-electron chi connectivity index (χ0n) is 12.9. The number of carbonyl (C=O) groups excluding carboxylic acids is 1. The highest BCUT2D eigenvalue weighted by Crippen LogP contribution is 2.37. The van der Waals surface area contributed by atoms with Crippen LogP contribution in [0.5, 0.6) is 0 Å². The Hall–Kier alpha value is -1.84. The monoisotopic (exact) mass is 289 g/mol. The summed E-state index contributed by atoms with van der Waals surface area (Å²) in [4.78, 5) is 25.6. The Morgan fingerprint density at radius 3 is 2.48 bits per heavy atom. The minimum Gasteiger partial charge on any atom is -0.481 e. The molecule has 3 atom stereocenters. The molecule has 0 spiro atoms. The fraction of sp³-hybridized carbons (Fsp3) is 0.529. The lowest BCUT2D eigenvalue weighted by Crippen LogP contribution is -2.36. The summed E-state index contributed by atoms with van der Waals surface area (Å²) >= 11 is 0. The van der Waals surface area contributed by atoms with Crippen LogP contribution < -0.4 is 0 Å². The Labute approximate surface area is 125 Å². The number of carbonyl (C=O) groups is 2. The van der Waals surface area contributed by atoms with E-state index in [1.807, 2.05) is 38.1 Å². The second kappa shape index (κ2) is 6.29. The van der Waals surface area contributed by atoms with Crippen LogP contribution >= 0.6 is 0 Å². The molecular formula is C17H23NO3. The van der Waals surface area contributed by atoms with E-state index in [0.717, 1.165) is 11.1 Å². The minimum atomic E-state index is -0.845. The van der Waals surface area contributed by atoms with Gasteiger partial charge in [0.15, 0.2) is 0 Å². The predicted molar refractivity (Wildman–Crippen MR) is 80.7 cm³/mol. The molecule has 4 heteroatoms. The van der Waals surface area contributed by atoms with Gasteiger partial charge in [-0.3, -0.25) is 9.59 Å². The van der Waals surface area contributed by atoms with Crippen LogP contribution in [-0.2, 0) is 16.1 Å². The maximum atomic E-state index is 12.6. The third-order valence-corrected chi connectivity index (χ3v) is 4.48. The van der Waals surface area contributed by atoms with Crippen molar-refractivity contribution in [2.45, 2.75) is 33.2 Å². The van der Waals surface area contributed by atoms with Gasteiger partial charge in [-0.2, -0.15) is 0 Å². The van der Waals surface area contributed by atoms with Crippen molar-refractivity contribution >= 4 is 11.9 Å². The highest BCUT2D eigenvalue weighted by Gasteiger charge is 2.42. The molecule has 1 amide bonds. The second-order valence-electron chi connectivity index (χ2n) is 6.25. The molecule has 1 N–H and O–H groups in total. The summed E-state index contributed by atoms with van der Waals surface area (Å²) in [7, 11) is 1.76. The van der Waals surface area contributed by atoms with Gasteiger partial charge in [0.2, 0.25) is 5.91 Å². The number of nitrogens with zero attached hydrogens (tertiary/aromatic N) is 1. The van der Waals surface area contributed by atoms with E-state index in [0.29, 0.717) is 25.3 Å². The third kappa shape index (κ3) is 3.43. The summed E-state index contributed by atoms with van der Waals surface area (Å²) in [6.45, 7) is 4.57. The zero-order chi connectivity index (χ0) is 15.6. The molecule has 0 saturated heterocycles. The molecule has 0 radical (unpaired) electrons. The van der Waals surface area contributed by atoms with Crippen molar-refractivity contribution in [3.05, 3.63) is 35.4 Å². The molecule has 0 aromatic heterocycles. The quantitative estimate of drug-likeness (QED) is 0.927. The molecule has 1 fully saturated rings. The molecule has 1 aromatic carbocycles. The average Bonchev–Trinajstić information content (AvgIpc) is 2.82. The van der Waals surface area contributed by atoms with Crippen LogP contribution in [0.2, 0.25) is 0 Å². The Morgan fingerprint density at radius 2 is 1.86 bits per heavy atom. The predicted octanol–water partition coefficient (Wildman–Crippen LogP) is 2.70. The van der Waals surface area contributed by atoms with E-state index in [9.17, 15) is 14.7 Å². The van der Waals surface area contributed by atoms with Crippen LogP contribution in [0.15, 0.2) is 24.3 Å². The van der Waals surface area contributed by atoms with Crippen molar-refractivity contribution in [1.82, 2.24) is 4.90 Å². The van der Waals surface area contributed by atoms with Crippen LogP contribution in [0.25, 0.3) is 0 Å². The van der Waals surface area contributed by atoms with E-state index in [1.54, 1.807) is 11.9 Å². The first-order valence-corrected chi connectivity index (χ1v) is 7.42. The smallest absolute Gasteiger partial charge is 0.307 e. The van der Waals surface area contributed by atoms with Crippen LogP contribution in [-0.4, -0.2) is 28.9 Å². The van der Waals surface area contributed by atoms with Gasteiger partial charge in [-0.1, -0.05) is 31.2 Å². The van der Waals surface area contributed by atoms with Crippen molar-refractivity contribution < 1.29 is 14.7 Å². The van der Waals surface area contributed by atoms with E-state index in [1.165, 1.54) is 0 Å². The largest absolute Gasteiger partial charge is 0.481 e. The fourth-order valence-electron chi connectivity index (χ4n) is 3.24. The van der Waals surface area contributed by atoms with Gasteiger partial charge in [-0.15, -0.1) is 0 Å². The van der Waals surface area contributed by atoms with Crippen molar-refractivity contribution in [3.8, 4) is 0 Å². The average molecular weight is 289 g/mol. The number of carboxylic acid groups (broad SMARTS) is 1. The summed E-state index contributed by atoms with van der Waals surface area (Å²) in [6.07, 6.45) is 1.28. The van der Waals surface area contributed by atoms with Crippen molar-refractivity contribution in [3.63, 3.8) is 0 Å². The summed E-state index contributed by atoms with van der Waals surface area (Å²) in [5.74, 6) is -1.51. The van der Waals surface area contributed by atoms with Gasteiger partial charge < -0.3 is 10.0 Å². The topological polar surface area (TPSA) is 57.6 Å². The molecule has 2 rings (SSSR count). The van der Waals surface area contributed by atoms with Crippen molar-refractivity contribution in [1.29, 1.82) is 0 Å². The minimum absolute atomic E-state index is 0.0463. The van der Waals surface area contributed by atoms with Gasteiger partial charge in [0.05, 0.1) is 11.8 Å². The van der Waals surface area contributed by atoms with E-state index in [2.05, 4.69) is 0 Å². The standard InChI is InChI=1S/C17H23NO3/c1-11-8-14(15(9-11)17(20)21)16(19)18(3)10-13-7-5-4-6-12(13)2/h4-7,11,14-15H,8-10H2,1-3H3,(H,20,21). The maximum Gasteiger partial charge on any atom is 0.307 e. The van der Waals surface area contributed by atoms with Gasteiger partial charge >= 0.3 is 5.97 Å². The van der Waals surface area contributed by atoms with Crippen LogP contribution in [0.3, 0.4) is 0 Å². The fourth-order valence-corrected chi connectivity index (χ4v) is 3.24. The van der Waals surface area contributed by atoms with E-state index >= 15 is 0 Å². The highest BCUT2D eigenvalue weighted by molar-refractivity contribution is 5.85. The van der Waals surface area contributed by atoms with Crippen molar-refractivity contribution in [2.75, 3.05) is 7.05 Å². The second-order valence-corrected chi connectivity index (χ2v) is 6.25. The Morgan fingerprint density at radius 1 is 1.24 bits per heavy atom. The summed E-state index contributed by atoms with van der Waals surface area (Å²) in [5, 5.41) is 9.30. The molecule has 4 nitrogen and oxygen atoms in total. The van der Waals surface area contributed by atoms with Crippen molar-refractivity contribution in [2.24, 2.45) is 17.8 Å². The molecule has 1 aliphatic rings. The van der Waals surface area contributed by atoms with Crippen LogP contribution in [0.4, 0.5) is 0 Å². The molecular weight excluding hydrogens is 266 g/mol. The summed E-state index contributed by atoms with van der Waals surface area (Å²) < 4.78 is 0. The Kier molecular flexibility index (Phi) is 4.66. The molecule has 0 heterocycles. The first-order chi connectivity index (χ1) is 9.90. The van der Waals surface area contributed by atoms with E-state index in [4.69, 9.17) is 0 Å². The molecule has 114 valence electrons. The first-order valence-electron chi connectivity index (χ1n) is 7.42. The number of hydrogen-bond acceptors (Lipinski definition) is 2. The molecule has 1 aromatic rings. The Bertz CT molecular complexity index is 541. The summed E-state index contributed by atoms with van der Waals surface area (Å²) in [6, 6.07) is 7.95. The number of amides is 1. The SMILES string of the molecule is Cc1ccccc1CN(C)C(=O)C1CC(C)CC1C(=O)O. The lowest BCUT2D eigenvalue weighted by molar-refractivity contribution is -0.148. The third-order valence-electron chi connectivity index (χ3n) is 4.48. The molecule has 1 saturated carbocycles. The Balaban J connectivity index is 2.08. The number of benzene rings is 1. The highest BCUT2D eigenvalue weighted by atomic mass is 16.4. The molecule has 21 heavy (non-hydrogen) atoms. The van der Waals surface area contributed by atoms with Crippen LogP contribution in [0.1, 0.15) is 30.9 Å². The molecule has 0 bridgehead atoms. The summed E-state index contributed by atoms with van der Waals surface area (Å²) in [5.41, 5.74) is 2.25. The van der Waals surface area contributed by atoms with Gasteiger partial charge in [0.25, 0.3) is 0 Å². The zero-order valence-corrected chi connectivity index (χ0v) is 12.9. The number of aryl methyl sites for hydroxylation is 1. The number of carboxylic acids is 1. The van der Waals surface area contributed by atoms with Gasteiger partial charge in [-0.25, -0.2) is 0 Å². The molecule has 0 aliphatic heterocycles. The molecule has 3 unspecified atom stereocenters. The van der Waals surface area contributed by atoms with Gasteiger partial charge in [0, 0.05) is 13.6 Å². The van der Waals surface area contributed by atoms with Gasteiger partial charge in [0.1, 0.15) is 0 Å². The first kappa shape index (κ1) is 15.5. The van der Waals surface area contributed by atoms with E-state index < -0.39 is 11.9 Å². The van der Waals surface area contributed by atoms with Gasteiger partial charge in [-0.05, 0) is 36.8 Å². The number of hydrogen-bond donors (Lipinski definition) is 1.